The number of ether oxygens (including phenoxy) is 1. The molecule has 2 atom stereocenters. The van der Waals surface area contributed by atoms with Crippen LogP contribution in [0, 0.1) is 24.4 Å². The number of fused-ring (bicyclic) bond motifs is 4. The maximum Gasteiger partial charge on any atom is 0.268 e. The van der Waals surface area contributed by atoms with E-state index in [-0.39, 0.29) is 27.0 Å². The summed E-state index contributed by atoms with van der Waals surface area (Å²) in [6.45, 7) is 4.56. The van der Waals surface area contributed by atoms with Crippen LogP contribution in [-0.2, 0) is 21.1 Å². The second-order valence-electron chi connectivity index (χ2n) is 14.8. The van der Waals surface area contributed by atoms with Crippen molar-refractivity contribution in [3.05, 3.63) is 194 Å². The van der Waals surface area contributed by atoms with E-state index in [4.69, 9.17) is 14.7 Å². The molecule has 0 amide bonds. The third-order valence-corrected chi connectivity index (χ3v) is 12.1. The molecule has 0 saturated carbocycles. The molecule has 6 aromatic carbocycles. The number of rotatable bonds is 9. The van der Waals surface area contributed by atoms with Gasteiger partial charge in [-0.05, 0) is 40.3 Å². The Balaban J connectivity index is 0.00000436. The zero-order chi connectivity index (χ0) is 38.3. The van der Waals surface area contributed by atoms with Gasteiger partial charge >= 0.3 is 0 Å². The van der Waals surface area contributed by atoms with E-state index in [0.717, 1.165) is 72.9 Å². The van der Waals surface area contributed by atoms with Crippen molar-refractivity contribution < 1.29 is 30.4 Å². The zero-order valence-electron chi connectivity index (χ0n) is 31.9. The van der Waals surface area contributed by atoms with Crippen molar-refractivity contribution in [2.24, 2.45) is 5.92 Å². The molecule has 58 heavy (non-hydrogen) atoms. The summed E-state index contributed by atoms with van der Waals surface area (Å²) in [6, 6.07) is 55.1. The van der Waals surface area contributed by atoms with Gasteiger partial charge in [-0.25, -0.2) is 4.98 Å². The molecular weight excluding hydrogens is 912 g/mol. The van der Waals surface area contributed by atoms with Crippen LogP contribution >= 0.6 is 11.8 Å². The van der Waals surface area contributed by atoms with Crippen molar-refractivity contribution in [3.8, 4) is 56.4 Å². The van der Waals surface area contributed by atoms with Crippen molar-refractivity contribution in [2.75, 3.05) is 0 Å². The second-order valence-corrected chi connectivity index (χ2v) is 16.0. The SMILES string of the molecule is CC(C)CC1=CC=CC2c3ncnc(-c4[c-]c(Oc5[c-]c(-n6[c-][n+](-c7c(-c8ccccc8)cccc7-c7ccccc7)c7ccccc76)ccc5)ccc4)c3SC12.[Pt]. The topological polar surface area (TPSA) is 43.8 Å². The van der Waals surface area contributed by atoms with Gasteiger partial charge < -0.3 is 9.30 Å². The van der Waals surface area contributed by atoms with Crippen LogP contribution in [0.1, 0.15) is 31.9 Å². The van der Waals surface area contributed by atoms with Gasteiger partial charge in [0.2, 0.25) is 0 Å². The summed E-state index contributed by atoms with van der Waals surface area (Å²) >= 11 is 1.88. The first kappa shape index (κ1) is 37.7. The Bertz CT molecular complexity index is 2770. The minimum Gasteiger partial charge on any atom is -0.503 e. The first-order chi connectivity index (χ1) is 28.1. The van der Waals surface area contributed by atoms with Gasteiger partial charge in [-0.3, -0.25) is 9.55 Å². The fourth-order valence-corrected chi connectivity index (χ4v) is 9.63. The van der Waals surface area contributed by atoms with Crippen LogP contribution in [0.4, 0.5) is 0 Å². The molecule has 1 aliphatic carbocycles. The van der Waals surface area contributed by atoms with Gasteiger partial charge in [0.15, 0.2) is 0 Å². The molecule has 0 radical (unpaired) electrons. The summed E-state index contributed by atoms with van der Waals surface area (Å²) < 4.78 is 10.8. The molecule has 0 N–H and O–H groups in total. The largest absolute Gasteiger partial charge is 0.503 e. The van der Waals surface area contributed by atoms with E-state index in [1.54, 1.807) is 6.33 Å². The van der Waals surface area contributed by atoms with Crippen molar-refractivity contribution in [1.82, 2.24) is 14.5 Å². The molecule has 10 rings (SSSR count). The van der Waals surface area contributed by atoms with Crippen molar-refractivity contribution in [3.63, 3.8) is 0 Å². The molecule has 2 aliphatic rings. The van der Waals surface area contributed by atoms with E-state index in [9.17, 15) is 0 Å². The molecule has 1 aliphatic heterocycles. The zero-order valence-corrected chi connectivity index (χ0v) is 35.0. The molecule has 7 heteroatoms. The quantitative estimate of drug-likeness (QED) is 0.107. The van der Waals surface area contributed by atoms with Gasteiger partial charge in [0.25, 0.3) is 6.33 Å². The Morgan fingerprint density at radius 2 is 1.41 bits per heavy atom. The standard InChI is InChI=1S/C51H38N4OS.Pt/c1-34(2)29-38-20-12-26-44-48-51(57-50(38)44)47(52-32-53-48)37-19-11-22-40(30-37)56-41-23-13-21-39(31-41)54-33-55(46-28-10-9-27-45(46)54)49-42(35-15-5-3-6-16-35)24-14-25-43(49)36-17-7-4-8-18-36;/h3-28,32,34,44,50H,29H2,1-2H3;/q-2;. The van der Waals surface area contributed by atoms with Gasteiger partial charge in [0, 0.05) is 54.3 Å². The second kappa shape index (κ2) is 16.2. The van der Waals surface area contributed by atoms with Crippen LogP contribution in [0.25, 0.3) is 55.9 Å². The van der Waals surface area contributed by atoms with E-state index < -0.39 is 0 Å². The Morgan fingerprint density at radius 3 is 2.16 bits per heavy atom. The molecule has 5 nitrogen and oxygen atoms in total. The molecule has 286 valence electrons. The van der Waals surface area contributed by atoms with Crippen LogP contribution in [0.3, 0.4) is 0 Å². The number of para-hydroxylation sites is 3. The monoisotopic (exact) mass is 949 g/mol. The summed E-state index contributed by atoms with van der Waals surface area (Å²) in [7, 11) is 0. The number of hydrogen-bond donors (Lipinski definition) is 0. The first-order valence-electron chi connectivity index (χ1n) is 19.4. The summed E-state index contributed by atoms with van der Waals surface area (Å²) in [6.07, 6.45) is 13.3. The molecule has 0 bridgehead atoms. The minimum absolute atomic E-state index is 0. The Labute approximate surface area is 358 Å². The maximum atomic E-state index is 6.52. The molecule has 0 fully saturated rings. The van der Waals surface area contributed by atoms with Crippen LogP contribution in [0.2, 0.25) is 0 Å². The molecular formula is C51H38N4OPtS-2. The average molecular weight is 950 g/mol. The van der Waals surface area contributed by atoms with E-state index in [2.05, 4.69) is 169 Å². The number of allylic oxidation sites excluding steroid dienone is 3. The van der Waals surface area contributed by atoms with E-state index in [1.165, 1.54) is 5.57 Å². The van der Waals surface area contributed by atoms with E-state index in [1.807, 2.05) is 42.1 Å². The van der Waals surface area contributed by atoms with Gasteiger partial charge in [-0.15, -0.1) is 47.7 Å². The fourth-order valence-electron chi connectivity index (χ4n) is 8.10. The Morgan fingerprint density at radius 1 is 0.741 bits per heavy atom. The summed E-state index contributed by atoms with van der Waals surface area (Å²) in [5.41, 5.74) is 12.7. The number of benzene rings is 6. The Kier molecular flexibility index (Phi) is 10.5. The van der Waals surface area contributed by atoms with Gasteiger partial charge in [-0.2, -0.15) is 12.1 Å². The molecule has 2 unspecified atom stereocenters. The Hall–Kier alpha value is -5.81. The van der Waals surface area contributed by atoms with Crippen LogP contribution in [0.15, 0.2) is 175 Å². The maximum absolute atomic E-state index is 6.52. The predicted molar refractivity (Wildman–Crippen MR) is 229 cm³/mol. The molecule has 3 heterocycles. The summed E-state index contributed by atoms with van der Waals surface area (Å²) in [4.78, 5) is 10.7. The van der Waals surface area contributed by atoms with Crippen LogP contribution < -0.4 is 9.30 Å². The van der Waals surface area contributed by atoms with Gasteiger partial charge in [-0.1, -0.05) is 147 Å². The number of hydrogen-bond acceptors (Lipinski definition) is 4. The van der Waals surface area contributed by atoms with Gasteiger partial charge in [0.1, 0.15) is 6.33 Å². The smallest absolute Gasteiger partial charge is 0.268 e. The van der Waals surface area contributed by atoms with Crippen molar-refractivity contribution >= 4 is 22.8 Å². The molecule has 0 spiro atoms. The summed E-state index contributed by atoms with van der Waals surface area (Å²) in [5, 5.41) is 0.344. The van der Waals surface area contributed by atoms with Crippen molar-refractivity contribution in [2.45, 2.75) is 36.3 Å². The third-order valence-electron chi connectivity index (χ3n) is 10.6. The van der Waals surface area contributed by atoms with E-state index >= 15 is 0 Å². The first-order valence-corrected chi connectivity index (χ1v) is 20.3. The van der Waals surface area contributed by atoms with Crippen LogP contribution in [0.5, 0.6) is 11.5 Å². The molecule has 0 saturated heterocycles. The normalized spacial score (nSPS) is 15.5. The van der Waals surface area contributed by atoms with E-state index in [0.29, 0.717) is 22.7 Å². The molecule has 8 aromatic rings. The predicted octanol–water partition coefficient (Wildman–Crippen LogP) is 12.0. The van der Waals surface area contributed by atoms with Gasteiger partial charge in [0.05, 0.1) is 22.4 Å². The van der Waals surface area contributed by atoms with Crippen molar-refractivity contribution in [1.29, 1.82) is 0 Å². The van der Waals surface area contributed by atoms with Crippen LogP contribution in [-0.4, -0.2) is 19.8 Å². The number of thioether (sulfide) groups is 1. The fraction of sp³-hybridized carbons (Fsp3) is 0.118. The average Bonchev–Trinajstić information content (AvgIpc) is 3.84. The number of aromatic nitrogens is 4. The third kappa shape index (κ3) is 7.06. The molecule has 2 aromatic heterocycles. The minimum atomic E-state index is 0. The number of imidazole rings is 1. The number of nitrogens with zero attached hydrogens (tertiary/aromatic N) is 4. The summed E-state index contributed by atoms with van der Waals surface area (Å²) in [5.74, 6) is 2.01.